The van der Waals surface area contributed by atoms with Crippen molar-refractivity contribution in [2.24, 2.45) is 0 Å². The van der Waals surface area contributed by atoms with Crippen molar-refractivity contribution in [2.75, 3.05) is 0 Å². The van der Waals surface area contributed by atoms with E-state index in [2.05, 4.69) is 11.1 Å². The normalized spacial score (nSPS) is 9.09. The van der Waals surface area contributed by atoms with Crippen LogP contribution >= 0.6 is 0 Å². The average Bonchev–Trinajstić information content (AvgIpc) is 2.01. The van der Waals surface area contributed by atoms with Gasteiger partial charge in [-0.1, -0.05) is 0 Å². The molecule has 0 spiro atoms. The van der Waals surface area contributed by atoms with E-state index >= 15 is 0 Å². The molecular weight excluding hydrogens is 136 g/mol. The van der Waals surface area contributed by atoms with Gasteiger partial charge in [-0.2, -0.15) is 5.26 Å². The van der Waals surface area contributed by atoms with Gasteiger partial charge in [0.2, 0.25) is 0 Å². The number of hydrogen-bond donors (Lipinski definition) is 0. The predicted molar refractivity (Wildman–Crippen MR) is 42.9 cm³/mol. The summed E-state index contributed by atoms with van der Waals surface area (Å²) in [6, 6.07) is 6.06. The summed E-state index contributed by atoms with van der Waals surface area (Å²) in [4.78, 5) is 4.13. The van der Waals surface area contributed by atoms with Gasteiger partial charge in [-0.3, -0.25) is 4.98 Å². The average molecular weight is 146 g/mol. The van der Waals surface area contributed by atoms with Crippen LogP contribution < -0.4 is 0 Å². The molecule has 56 valence electrons. The molecule has 1 aromatic rings. The Balaban J connectivity index is 2.65. The fraction of sp³-hybridized carbons (Fsp3) is 0.333. The van der Waals surface area contributed by atoms with Crippen molar-refractivity contribution in [3.05, 3.63) is 29.6 Å². The van der Waals surface area contributed by atoms with Crippen LogP contribution in [0.3, 0.4) is 0 Å². The summed E-state index contributed by atoms with van der Waals surface area (Å²) in [5.41, 5.74) is 2.21. The van der Waals surface area contributed by atoms with Gasteiger partial charge in [-0.05, 0) is 24.6 Å². The number of hydrogen-bond acceptors (Lipinski definition) is 2. The molecule has 0 radical (unpaired) electrons. The minimum atomic E-state index is 0.552. The quantitative estimate of drug-likeness (QED) is 0.638. The topological polar surface area (TPSA) is 36.7 Å². The summed E-state index contributed by atoms with van der Waals surface area (Å²) in [7, 11) is 0. The third kappa shape index (κ3) is 2.38. The molecular formula is C9H10N2. The van der Waals surface area contributed by atoms with Crippen LogP contribution in [-0.2, 0) is 6.42 Å². The van der Waals surface area contributed by atoms with E-state index in [-0.39, 0.29) is 0 Å². The Kier molecular flexibility index (Phi) is 2.62. The molecule has 2 nitrogen and oxygen atoms in total. The van der Waals surface area contributed by atoms with Crippen LogP contribution in [0.2, 0.25) is 0 Å². The molecule has 0 fully saturated rings. The molecule has 0 aliphatic rings. The van der Waals surface area contributed by atoms with Gasteiger partial charge < -0.3 is 0 Å². The summed E-state index contributed by atoms with van der Waals surface area (Å²) in [5, 5.41) is 8.32. The highest BCUT2D eigenvalue weighted by molar-refractivity contribution is 5.14. The number of rotatable bonds is 2. The first-order chi connectivity index (χ1) is 5.33. The largest absolute Gasteiger partial charge is 0.261 e. The Hall–Kier alpha value is -1.36. The Bertz CT molecular complexity index is 273. The van der Waals surface area contributed by atoms with Crippen molar-refractivity contribution in [1.29, 1.82) is 5.26 Å². The fourth-order valence-corrected chi connectivity index (χ4v) is 0.919. The maximum atomic E-state index is 8.32. The molecule has 0 N–H and O–H groups in total. The number of nitrogens with zero attached hydrogens (tertiary/aromatic N) is 2. The van der Waals surface area contributed by atoms with E-state index in [1.165, 1.54) is 5.56 Å². The number of nitriles is 1. The first-order valence-electron chi connectivity index (χ1n) is 3.61. The highest BCUT2D eigenvalue weighted by Gasteiger charge is 1.92. The summed E-state index contributed by atoms with van der Waals surface area (Å²) in [6.07, 6.45) is 3.09. The standard InChI is InChI=1S/C9H10N2/c1-8-4-6-11-9(7-8)3-2-5-10/h4,6-7H,2-3H2,1H3. The maximum absolute atomic E-state index is 8.32. The van der Waals surface area contributed by atoms with Gasteiger partial charge in [0.1, 0.15) is 0 Å². The lowest BCUT2D eigenvalue weighted by Crippen LogP contribution is -1.88. The second-order valence-corrected chi connectivity index (χ2v) is 2.48. The van der Waals surface area contributed by atoms with Gasteiger partial charge >= 0.3 is 0 Å². The van der Waals surface area contributed by atoms with Crippen LogP contribution in [0.1, 0.15) is 17.7 Å². The Morgan fingerprint density at radius 3 is 3.09 bits per heavy atom. The molecule has 1 rings (SSSR count). The first kappa shape index (κ1) is 7.74. The van der Waals surface area contributed by atoms with Crippen molar-refractivity contribution in [3.8, 4) is 6.07 Å². The van der Waals surface area contributed by atoms with Crippen LogP contribution in [0.15, 0.2) is 18.3 Å². The maximum Gasteiger partial charge on any atom is 0.0625 e. The molecule has 0 saturated carbocycles. The summed E-state index contributed by atoms with van der Waals surface area (Å²) >= 11 is 0. The summed E-state index contributed by atoms with van der Waals surface area (Å²) < 4.78 is 0. The third-order valence-electron chi connectivity index (χ3n) is 1.47. The van der Waals surface area contributed by atoms with Crippen LogP contribution in [0, 0.1) is 18.3 Å². The molecule has 0 bridgehead atoms. The van der Waals surface area contributed by atoms with Crippen LogP contribution in [-0.4, -0.2) is 4.98 Å². The smallest absolute Gasteiger partial charge is 0.0625 e. The Morgan fingerprint density at radius 1 is 1.64 bits per heavy atom. The van der Waals surface area contributed by atoms with Crippen molar-refractivity contribution in [3.63, 3.8) is 0 Å². The van der Waals surface area contributed by atoms with Crippen LogP contribution in [0.25, 0.3) is 0 Å². The van der Waals surface area contributed by atoms with E-state index in [9.17, 15) is 0 Å². The molecule has 0 atom stereocenters. The summed E-state index contributed by atoms with van der Waals surface area (Å²) in [5.74, 6) is 0. The van der Waals surface area contributed by atoms with Gasteiger partial charge in [-0.15, -0.1) is 0 Å². The monoisotopic (exact) mass is 146 g/mol. The minimum absolute atomic E-state index is 0.552. The van der Waals surface area contributed by atoms with Crippen molar-refractivity contribution in [2.45, 2.75) is 19.8 Å². The second kappa shape index (κ2) is 3.72. The zero-order valence-corrected chi connectivity index (χ0v) is 6.54. The number of aromatic nitrogens is 1. The molecule has 0 aliphatic heterocycles. The van der Waals surface area contributed by atoms with Crippen LogP contribution in [0.4, 0.5) is 0 Å². The van der Waals surface area contributed by atoms with E-state index in [0.29, 0.717) is 6.42 Å². The van der Waals surface area contributed by atoms with Gasteiger partial charge in [-0.25, -0.2) is 0 Å². The predicted octanol–water partition coefficient (Wildman–Crippen LogP) is 1.85. The molecule has 0 amide bonds. The molecule has 1 heterocycles. The van der Waals surface area contributed by atoms with Crippen molar-refractivity contribution < 1.29 is 0 Å². The zero-order chi connectivity index (χ0) is 8.10. The van der Waals surface area contributed by atoms with Gasteiger partial charge in [0, 0.05) is 24.7 Å². The van der Waals surface area contributed by atoms with E-state index in [1.807, 2.05) is 19.1 Å². The highest BCUT2D eigenvalue weighted by Crippen LogP contribution is 2.01. The first-order valence-corrected chi connectivity index (χ1v) is 3.61. The van der Waals surface area contributed by atoms with Crippen molar-refractivity contribution >= 4 is 0 Å². The minimum Gasteiger partial charge on any atom is -0.261 e. The molecule has 0 saturated heterocycles. The molecule has 0 aromatic carbocycles. The van der Waals surface area contributed by atoms with Gasteiger partial charge in [0.25, 0.3) is 0 Å². The molecule has 0 unspecified atom stereocenters. The van der Waals surface area contributed by atoms with E-state index < -0.39 is 0 Å². The molecule has 11 heavy (non-hydrogen) atoms. The van der Waals surface area contributed by atoms with Crippen LogP contribution in [0.5, 0.6) is 0 Å². The Morgan fingerprint density at radius 2 is 2.45 bits per heavy atom. The lowest BCUT2D eigenvalue weighted by Gasteiger charge is -1.96. The number of pyridine rings is 1. The molecule has 2 heteroatoms. The number of aryl methyl sites for hydroxylation is 2. The fourth-order valence-electron chi connectivity index (χ4n) is 0.919. The summed E-state index contributed by atoms with van der Waals surface area (Å²) in [6.45, 7) is 2.03. The van der Waals surface area contributed by atoms with E-state index in [1.54, 1.807) is 6.20 Å². The Labute approximate surface area is 66.5 Å². The zero-order valence-electron chi connectivity index (χ0n) is 6.54. The lowest BCUT2D eigenvalue weighted by atomic mass is 10.2. The third-order valence-corrected chi connectivity index (χ3v) is 1.47. The van der Waals surface area contributed by atoms with Gasteiger partial charge in [0.15, 0.2) is 0 Å². The molecule has 0 aliphatic carbocycles. The van der Waals surface area contributed by atoms with Crippen molar-refractivity contribution in [1.82, 2.24) is 4.98 Å². The molecule has 1 aromatic heterocycles. The van der Waals surface area contributed by atoms with E-state index in [4.69, 9.17) is 5.26 Å². The van der Waals surface area contributed by atoms with E-state index in [0.717, 1.165) is 12.1 Å². The van der Waals surface area contributed by atoms with Gasteiger partial charge in [0.05, 0.1) is 6.07 Å². The SMILES string of the molecule is Cc1ccnc(CCC#N)c1. The lowest BCUT2D eigenvalue weighted by molar-refractivity contribution is 0.947. The second-order valence-electron chi connectivity index (χ2n) is 2.48. The highest BCUT2D eigenvalue weighted by atomic mass is 14.7.